The lowest BCUT2D eigenvalue weighted by Crippen LogP contribution is -2.65. The normalized spacial score (nSPS) is 27.7. The van der Waals surface area contributed by atoms with E-state index in [2.05, 4.69) is 16.4 Å². The Morgan fingerprint density at radius 2 is 2.02 bits per heavy atom. The van der Waals surface area contributed by atoms with Crippen LogP contribution in [0, 0.1) is 5.82 Å². The van der Waals surface area contributed by atoms with Crippen LogP contribution in [0.25, 0.3) is 32.9 Å². The first-order valence-corrected chi connectivity index (χ1v) is 17.2. The molecule has 0 radical (unpaired) electrons. The summed E-state index contributed by atoms with van der Waals surface area (Å²) in [6.45, 7) is 8.86. The maximum absolute atomic E-state index is 17.2. The number of pyridine rings is 1. The SMILES string of the molecule is C=C1CN2CCCC2(COc2nc3c4c(nc(-c5cccc6cccc(Cl)c56)c(F)c4n2)OC(CC)C2C4CCC(CN32)N4C(=O)O)C1. The predicted molar refractivity (Wildman–Crippen MR) is 181 cm³/mol. The lowest BCUT2D eigenvalue weighted by Gasteiger charge is -2.47. The number of carboxylic acid groups (broad SMARTS) is 1. The Labute approximate surface area is 282 Å². The summed E-state index contributed by atoms with van der Waals surface area (Å²) in [5.41, 5.74) is 1.65. The van der Waals surface area contributed by atoms with Gasteiger partial charge >= 0.3 is 12.1 Å². The number of fused-ring (bicyclic) bond motifs is 7. The Bertz CT molecular complexity index is 2020. The van der Waals surface area contributed by atoms with Crippen molar-refractivity contribution in [3.05, 3.63) is 59.4 Å². The number of halogens is 2. The molecule has 5 unspecified atom stereocenters. The predicted octanol–water partition coefficient (Wildman–Crippen LogP) is 6.68. The van der Waals surface area contributed by atoms with E-state index in [0.717, 1.165) is 44.2 Å². The molecular weight excluding hydrogens is 635 g/mol. The molecule has 2 bridgehead atoms. The molecule has 4 aromatic rings. The molecule has 4 fully saturated rings. The Morgan fingerprint density at radius 1 is 1.19 bits per heavy atom. The highest BCUT2D eigenvalue weighted by Crippen LogP contribution is 2.48. The fourth-order valence-electron chi connectivity index (χ4n) is 9.27. The van der Waals surface area contributed by atoms with Crippen molar-refractivity contribution in [3.63, 3.8) is 0 Å². The molecule has 7 heterocycles. The number of rotatable bonds is 5. The van der Waals surface area contributed by atoms with Crippen LogP contribution in [0.1, 0.15) is 45.4 Å². The van der Waals surface area contributed by atoms with Crippen LogP contribution in [0.2, 0.25) is 5.02 Å². The quantitative estimate of drug-likeness (QED) is 0.233. The molecule has 48 heavy (non-hydrogen) atoms. The summed E-state index contributed by atoms with van der Waals surface area (Å²) in [5.74, 6) is 0.0730. The number of piperazine rings is 1. The molecule has 1 amide bonds. The van der Waals surface area contributed by atoms with Gasteiger partial charge in [-0.05, 0) is 56.5 Å². The minimum atomic E-state index is -0.937. The number of hydrogen-bond acceptors (Lipinski definition) is 8. The van der Waals surface area contributed by atoms with Crippen LogP contribution in [0.4, 0.5) is 15.0 Å². The molecule has 1 N–H and O–H groups in total. The van der Waals surface area contributed by atoms with Crippen molar-refractivity contribution in [1.82, 2.24) is 24.8 Å². The summed E-state index contributed by atoms with van der Waals surface area (Å²) in [6, 6.07) is 10.3. The first-order chi connectivity index (χ1) is 23.3. The highest BCUT2D eigenvalue weighted by molar-refractivity contribution is 6.36. The zero-order valence-electron chi connectivity index (χ0n) is 26.7. The third-order valence-corrected chi connectivity index (χ3v) is 11.6. The molecule has 9 rings (SSSR count). The second kappa shape index (κ2) is 10.9. The number of benzene rings is 2. The second-order valence-electron chi connectivity index (χ2n) is 13.9. The number of hydrogen-bond donors (Lipinski definition) is 1. The van der Waals surface area contributed by atoms with Crippen LogP contribution in [0.5, 0.6) is 11.9 Å². The van der Waals surface area contributed by atoms with E-state index in [1.54, 1.807) is 17.0 Å². The third kappa shape index (κ3) is 4.32. The van der Waals surface area contributed by atoms with E-state index in [1.807, 2.05) is 31.2 Å². The van der Waals surface area contributed by atoms with Gasteiger partial charge in [0.05, 0.1) is 23.7 Å². The van der Waals surface area contributed by atoms with Crippen LogP contribution < -0.4 is 14.4 Å². The van der Waals surface area contributed by atoms with Gasteiger partial charge in [0.1, 0.15) is 35.1 Å². The van der Waals surface area contributed by atoms with Gasteiger partial charge in [0.2, 0.25) is 5.88 Å². The topological polar surface area (TPSA) is 104 Å². The maximum Gasteiger partial charge on any atom is 0.407 e. The smallest absolute Gasteiger partial charge is 0.407 e. The molecule has 2 aromatic carbocycles. The second-order valence-corrected chi connectivity index (χ2v) is 14.3. The van der Waals surface area contributed by atoms with E-state index in [0.29, 0.717) is 53.2 Å². The molecule has 10 nitrogen and oxygen atoms in total. The third-order valence-electron chi connectivity index (χ3n) is 11.3. The number of carbonyl (C=O) groups is 1. The van der Waals surface area contributed by atoms with E-state index >= 15 is 4.39 Å². The molecule has 0 spiro atoms. The minimum Gasteiger partial charge on any atom is -0.471 e. The van der Waals surface area contributed by atoms with E-state index in [-0.39, 0.29) is 46.8 Å². The molecule has 248 valence electrons. The average molecular weight is 671 g/mol. The number of anilines is 1. The molecule has 12 heteroatoms. The Kier molecular flexibility index (Phi) is 6.78. The minimum absolute atomic E-state index is 0.0548. The van der Waals surface area contributed by atoms with E-state index < -0.39 is 18.0 Å². The number of aromatic nitrogens is 3. The maximum atomic E-state index is 17.2. The zero-order valence-corrected chi connectivity index (χ0v) is 27.4. The Hall–Kier alpha value is -4.22. The van der Waals surface area contributed by atoms with Crippen molar-refractivity contribution >= 4 is 45.2 Å². The largest absolute Gasteiger partial charge is 0.471 e. The summed E-state index contributed by atoms with van der Waals surface area (Å²) in [6.07, 6.45) is 3.55. The number of ether oxygens (including phenoxy) is 2. The van der Waals surface area contributed by atoms with Gasteiger partial charge in [-0.3, -0.25) is 9.80 Å². The molecule has 4 saturated heterocycles. The van der Waals surface area contributed by atoms with Crippen molar-refractivity contribution in [2.24, 2.45) is 0 Å². The van der Waals surface area contributed by atoms with E-state index in [1.165, 1.54) is 5.57 Å². The van der Waals surface area contributed by atoms with E-state index in [4.69, 9.17) is 36.0 Å². The standard InChI is InChI=1S/C36H36ClFN6O4/c1-3-25-31-24-12-11-21(44(24)35(45)46)17-43(31)32-27-30(40-34(41-32)47-18-36-13-6-14-42(36)16-19(2)15-36)28(38)29(39-33(27)48-25)22-9-4-7-20-8-5-10-23(37)26(20)22/h4-5,7-10,21,24-25,31H,2-3,6,11-18H2,1H3,(H,45,46). The number of amides is 1. The summed E-state index contributed by atoms with van der Waals surface area (Å²) in [4.78, 5) is 33.2. The monoisotopic (exact) mass is 670 g/mol. The van der Waals surface area contributed by atoms with Gasteiger partial charge in [0, 0.05) is 29.1 Å². The van der Waals surface area contributed by atoms with Crippen LogP contribution in [-0.2, 0) is 0 Å². The van der Waals surface area contributed by atoms with Crippen molar-refractivity contribution in [1.29, 1.82) is 0 Å². The van der Waals surface area contributed by atoms with Gasteiger partial charge < -0.3 is 19.5 Å². The Balaban J connectivity index is 1.25. The van der Waals surface area contributed by atoms with E-state index in [9.17, 15) is 9.90 Å². The highest BCUT2D eigenvalue weighted by atomic mass is 35.5. The fourth-order valence-corrected chi connectivity index (χ4v) is 9.56. The molecule has 0 saturated carbocycles. The fraction of sp³-hybridized carbons (Fsp3) is 0.444. The molecule has 5 aliphatic rings. The van der Waals surface area contributed by atoms with Crippen LogP contribution >= 0.6 is 11.6 Å². The van der Waals surface area contributed by atoms with Crippen molar-refractivity contribution < 1.29 is 23.8 Å². The lowest BCUT2D eigenvalue weighted by molar-refractivity contribution is 0.0636. The average Bonchev–Trinajstić information content (AvgIpc) is 3.68. The summed E-state index contributed by atoms with van der Waals surface area (Å²) < 4.78 is 30.3. The summed E-state index contributed by atoms with van der Waals surface area (Å²) >= 11 is 6.71. The van der Waals surface area contributed by atoms with Crippen LogP contribution in [0.15, 0.2) is 48.6 Å². The molecular formula is C36H36ClFN6O4. The first-order valence-electron chi connectivity index (χ1n) is 16.8. The van der Waals surface area contributed by atoms with Crippen molar-refractivity contribution in [2.75, 3.05) is 31.1 Å². The van der Waals surface area contributed by atoms with Crippen molar-refractivity contribution in [3.8, 4) is 23.1 Å². The summed E-state index contributed by atoms with van der Waals surface area (Å²) in [5, 5.41) is 12.6. The van der Waals surface area contributed by atoms with Gasteiger partial charge in [-0.15, -0.1) is 0 Å². The van der Waals surface area contributed by atoms with Gasteiger partial charge in [-0.25, -0.2) is 14.2 Å². The Morgan fingerprint density at radius 3 is 2.83 bits per heavy atom. The highest BCUT2D eigenvalue weighted by Gasteiger charge is 2.54. The van der Waals surface area contributed by atoms with Gasteiger partial charge in [0.15, 0.2) is 5.82 Å². The zero-order chi connectivity index (χ0) is 32.9. The lowest BCUT2D eigenvalue weighted by atomic mass is 9.94. The molecule has 5 aliphatic heterocycles. The van der Waals surface area contributed by atoms with Crippen LogP contribution in [-0.4, -0.2) is 92.0 Å². The van der Waals surface area contributed by atoms with Gasteiger partial charge in [0.25, 0.3) is 0 Å². The molecule has 0 aliphatic carbocycles. The molecule has 2 aromatic heterocycles. The van der Waals surface area contributed by atoms with Gasteiger partial charge in [-0.1, -0.05) is 61.0 Å². The summed E-state index contributed by atoms with van der Waals surface area (Å²) in [7, 11) is 0. The van der Waals surface area contributed by atoms with Crippen LogP contribution in [0.3, 0.4) is 0 Å². The first kappa shape index (κ1) is 29.9. The number of nitrogens with zero attached hydrogens (tertiary/aromatic N) is 6. The molecule has 5 atom stereocenters. The van der Waals surface area contributed by atoms with Crippen molar-refractivity contribution in [2.45, 2.75) is 75.2 Å². The van der Waals surface area contributed by atoms with Gasteiger partial charge in [-0.2, -0.15) is 9.97 Å².